The lowest BCUT2D eigenvalue weighted by Gasteiger charge is -2.14. The number of ether oxygens (including phenoxy) is 1. The molecular formula is C25H18Cl2N4O8S. The van der Waals surface area contributed by atoms with Gasteiger partial charge in [-0.2, -0.15) is 13.7 Å². The molecule has 12 nitrogen and oxygen atoms in total. The molecule has 0 aliphatic rings. The summed E-state index contributed by atoms with van der Waals surface area (Å²) in [4.78, 5) is 34.0. The van der Waals surface area contributed by atoms with Gasteiger partial charge in [0.1, 0.15) is 21.6 Å². The van der Waals surface area contributed by atoms with Crippen molar-refractivity contribution in [3.8, 4) is 17.6 Å². The molecular weight excluding hydrogens is 587 g/mol. The van der Waals surface area contributed by atoms with E-state index < -0.39 is 32.2 Å². The van der Waals surface area contributed by atoms with E-state index in [0.717, 1.165) is 12.1 Å². The molecule has 206 valence electrons. The van der Waals surface area contributed by atoms with Gasteiger partial charge in [0, 0.05) is 24.4 Å². The monoisotopic (exact) mass is 604 g/mol. The van der Waals surface area contributed by atoms with Crippen molar-refractivity contribution in [2.45, 2.75) is 11.8 Å². The van der Waals surface area contributed by atoms with Crippen molar-refractivity contribution in [1.82, 2.24) is 0 Å². The van der Waals surface area contributed by atoms with Gasteiger partial charge in [0.2, 0.25) is 11.7 Å². The molecule has 0 heterocycles. The maximum Gasteiger partial charge on any atom is 0.339 e. The van der Waals surface area contributed by atoms with E-state index in [1.807, 2.05) is 0 Å². The van der Waals surface area contributed by atoms with Crippen LogP contribution in [-0.2, 0) is 19.7 Å². The summed E-state index contributed by atoms with van der Waals surface area (Å²) in [7, 11) is -3.15. The zero-order valence-corrected chi connectivity index (χ0v) is 22.9. The van der Waals surface area contributed by atoms with Gasteiger partial charge in [0.05, 0.1) is 17.1 Å². The number of hydrogen-bond acceptors (Lipinski definition) is 9. The highest BCUT2D eigenvalue weighted by Crippen LogP contribution is 2.39. The molecule has 0 spiro atoms. The number of nitrogens with one attached hydrogen (secondary N) is 2. The Hall–Kier alpha value is -4.64. The number of anilines is 2. The fourth-order valence-electron chi connectivity index (χ4n) is 3.21. The quantitative estimate of drug-likeness (QED) is 0.109. The number of rotatable bonds is 9. The summed E-state index contributed by atoms with van der Waals surface area (Å²) < 4.78 is 36.1. The molecule has 0 aromatic heterocycles. The molecule has 15 heteroatoms. The van der Waals surface area contributed by atoms with Crippen LogP contribution in [0.25, 0.3) is 6.08 Å². The zero-order valence-electron chi connectivity index (χ0n) is 20.6. The second-order valence-corrected chi connectivity index (χ2v) is 10.2. The van der Waals surface area contributed by atoms with Gasteiger partial charge in [-0.25, -0.2) is 0 Å². The minimum absolute atomic E-state index is 0.0249. The lowest BCUT2D eigenvalue weighted by Crippen LogP contribution is -2.13. The van der Waals surface area contributed by atoms with Gasteiger partial charge >= 0.3 is 10.1 Å². The van der Waals surface area contributed by atoms with E-state index in [-0.39, 0.29) is 43.6 Å². The SMILES string of the molecule is COc1cc(/C=C(\C#N)C(=O)Nc2ccc(Cl)c([N+](=O)[O-])c2)cc(Cl)c1OS(=O)(=O)c1ccc(NC(C)=O)cc1. The highest BCUT2D eigenvalue weighted by Gasteiger charge is 2.23. The van der Waals surface area contributed by atoms with Crippen LogP contribution in [0.2, 0.25) is 10.0 Å². The molecule has 0 saturated heterocycles. The van der Waals surface area contributed by atoms with E-state index in [0.29, 0.717) is 5.69 Å². The highest BCUT2D eigenvalue weighted by atomic mass is 35.5. The third-order valence-electron chi connectivity index (χ3n) is 4.98. The van der Waals surface area contributed by atoms with E-state index in [4.69, 9.17) is 32.1 Å². The molecule has 3 rings (SSSR count). The Balaban J connectivity index is 1.88. The fraction of sp³-hybridized carbons (Fsp3) is 0.0800. The molecule has 2 N–H and O–H groups in total. The van der Waals surface area contributed by atoms with Crippen molar-refractivity contribution in [3.05, 3.63) is 85.9 Å². The number of halogens is 2. The normalized spacial score (nSPS) is 11.2. The first-order valence-electron chi connectivity index (χ1n) is 10.9. The van der Waals surface area contributed by atoms with Crippen LogP contribution in [0.5, 0.6) is 11.5 Å². The Bertz CT molecular complexity index is 1680. The Morgan fingerprint density at radius 1 is 1.02 bits per heavy atom. The number of methoxy groups -OCH3 is 1. The molecule has 40 heavy (non-hydrogen) atoms. The minimum atomic E-state index is -4.38. The van der Waals surface area contributed by atoms with Gasteiger partial charge in [0.25, 0.3) is 11.6 Å². The number of benzene rings is 3. The summed E-state index contributed by atoms with van der Waals surface area (Å²) >= 11 is 12.1. The average Bonchev–Trinajstić information content (AvgIpc) is 2.89. The summed E-state index contributed by atoms with van der Waals surface area (Å²) in [6.45, 7) is 1.31. The number of nitro groups is 1. The van der Waals surface area contributed by atoms with Crippen LogP contribution < -0.4 is 19.6 Å². The van der Waals surface area contributed by atoms with Crippen molar-refractivity contribution >= 4 is 68.3 Å². The summed E-state index contributed by atoms with van der Waals surface area (Å²) in [6, 6.07) is 13.0. The number of carbonyl (C=O) groups is 2. The topological polar surface area (TPSA) is 178 Å². The van der Waals surface area contributed by atoms with Crippen molar-refractivity contribution < 1.29 is 31.9 Å². The fourth-order valence-corrected chi connectivity index (χ4v) is 4.66. The lowest BCUT2D eigenvalue weighted by molar-refractivity contribution is -0.384. The van der Waals surface area contributed by atoms with Gasteiger partial charge in [-0.1, -0.05) is 23.2 Å². The van der Waals surface area contributed by atoms with Crippen LogP contribution in [0.3, 0.4) is 0 Å². The first-order chi connectivity index (χ1) is 18.8. The van der Waals surface area contributed by atoms with Crippen LogP contribution in [0.15, 0.2) is 65.1 Å². The van der Waals surface area contributed by atoms with Gasteiger partial charge in [-0.15, -0.1) is 0 Å². The van der Waals surface area contributed by atoms with E-state index in [1.54, 1.807) is 6.07 Å². The number of nitriles is 1. The molecule has 2 amide bonds. The standard InChI is InChI=1S/C25H18Cl2N4O8S/c1-14(32)29-17-3-6-19(7-4-17)40(36,37)39-24-21(27)10-15(11-23(24)38-2)9-16(13-28)25(33)30-18-5-8-20(26)22(12-18)31(34)35/h3-12H,1-2H3,(H,29,32)(H,30,33)/b16-9+. The summed E-state index contributed by atoms with van der Waals surface area (Å²) in [5, 5.41) is 25.1. The summed E-state index contributed by atoms with van der Waals surface area (Å²) in [6.07, 6.45) is 1.15. The largest absolute Gasteiger partial charge is 0.493 e. The molecule has 0 radical (unpaired) electrons. The third kappa shape index (κ3) is 7.26. The Morgan fingerprint density at radius 2 is 1.68 bits per heavy atom. The smallest absolute Gasteiger partial charge is 0.339 e. The van der Waals surface area contributed by atoms with Gasteiger partial charge in [0.15, 0.2) is 5.75 Å². The van der Waals surface area contributed by atoms with Crippen LogP contribution in [0.1, 0.15) is 12.5 Å². The molecule has 0 atom stereocenters. The van der Waals surface area contributed by atoms with E-state index in [1.165, 1.54) is 62.6 Å². The third-order valence-corrected chi connectivity index (χ3v) is 6.82. The zero-order chi connectivity index (χ0) is 29.6. The molecule has 0 aliphatic carbocycles. The predicted octanol–water partition coefficient (Wildman–Crippen LogP) is 5.18. The maximum atomic E-state index is 12.8. The van der Waals surface area contributed by atoms with Crippen molar-refractivity contribution in [1.29, 1.82) is 5.26 Å². The average molecular weight is 605 g/mol. The molecule has 3 aromatic carbocycles. The molecule has 3 aromatic rings. The van der Waals surface area contributed by atoms with Crippen molar-refractivity contribution in [2.24, 2.45) is 0 Å². The number of amides is 2. The van der Waals surface area contributed by atoms with Crippen molar-refractivity contribution in [2.75, 3.05) is 17.7 Å². The van der Waals surface area contributed by atoms with E-state index in [9.17, 15) is 33.4 Å². The second kappa shape index (κ2) is 12.5. The van der Waals surface area contributed by atoms with Crippen LogP contribution in [0, 0.1) is 21.4 Å². The van der Waals surface area contributed by atoms with E-state index in [2.05, 4.69) is 10.6 Å². The van der Waals surface area contributed by atoms with Crippen LogP contribution in [0.4, 0.5) is 17.1 Å². The summed E-state index contributed by atoms with van der Waals surface area (Å²) in [5.41, 5.74) is -0.259. The predicted molar refractivity (Wildman–Crippen MR) is 147 cm³/mol. The van der Waals surface area contributed by atoms with Gasteiger partial charge in [-0.3, -0.25) is 19.7 Å². The van der Waals surface area contributed by atoms with Gasteiger partial charge < -0.3 is 19.6 Å². The van der Waals surface area contributed by atoms with Crippen LogP contribution in [-0.4, -0.2) is 32.3 Å². The van der Waals surface area contributed by atoms with E-state index >= 15 is 0 Å². The lowest BCUT2D eigenvalue weighted by atomic mass is 10.1. The number of hydrogen-bond donors (Lipinski definition) is 2. The molecule has 0 saturated carbocycles. The number of nitro benzene ring substituents is 1. The Morgan fingerprint density at radius 3 is 2.25 bits per heavy atom. The molecule has 0 unspecified atom stereocenters. The van der Waals surface area contributed by atoms with Crippen LogP contribution >= 0.6 is 23.2 Å². The van der Waals surface area contributed by atoms with Crippen molar-refractivity contribution in [3.63, 3.8) is 0 Å². The first kappa shape index (κ1) is 29.9. The number of carbonyl (C=O) groups excluding carboxylic acids is 2. The summed E-state index contributed by atoms with van der Waals surface area (Å²) in [5.74, 6) is -1.68. The highest BCUT2D eigenvalue weighted by molar-refractivity contribution is 7.87. The minimum Gasteiger partial charge on any atom is -0.493 e. The van der Waals surface area contributed by atoms with Gasteiger partial charge in [-0.05, 0) is 60.2 Å². The number of nitrogens with zero attached hydrogens (tertiary/aromatic N) is 2. The molecule has 0 aliphatic heterocycles. The Labute approximate surface area is 238 Å². The maximum absolute atomic E-state index is 12.8. The second-order valence-electron chi connectivity index (χ2n) is 7.82. The Kier molecular flexibility index (Phi) is 9.33. The molecule has 0 fully saturated rings. The molecule has 0 bridgehead atoms. The first-order valence-corrected chi connectivity index (χ1v) is 13.1.